The standard InChI is InChI=1S/C12H26N2OS/c1-5-6-7-9-14(11(2)3)12(16)13-8-10-15-4/h11H,5-10H2,1-4H3,(H,13,16). The predicted octanol–water partition coefficient (Wildman–Crippen LogP) is 2.41. The Morgan fingerprint density at radius 3 is 2.56 bits per heavy atom. The normalized spacial score (nSPS) is 10.6. The molecule has 96 valence electrons. The average Bonchev–Trinajstić information content (AvgIpc) is 2.24. The Kier molecular flexibility index (Phi) is 9.63. The van der Waals surface area contributed by atoms with E-state index in [4.69, 9.17) is 17.0 Å². The number of thiocarbonyl (C=S) groups is 1. The van der Waals surface area contributed by atoms with Gasteiger partial charge in [0.15, 0.2) is 5.11 Å². The summed E-state index contributed by atoms with van der Waals surface area (Å²) in [5.74, 6) is 0. The lowest BCUT2D eigenvalue weighted by atomic mass is 10.2. The topological polar surface area (TPSA) is 24.5 Å². The third kappa shape index (κ3) is 7.01. The van der Waals surface area contributed by atoms with Crippen LogP contribution in [0, 0.1) is 0 Å². The molecule has 0 spiro atoms. The van der Waals surface area contributed by atoms with Crippen molar-refractivity contribution < 1.29 is 4.74 Å². The number of methoxy groups -OCH3 is 1. The lowest BCUT2D eigenvalue weighted by molar-refractivity contribution is 0.202. The van der Waals surface area contributed by atoms with Gasteiger partial charge < -0.3 is 15.0 Å². The Bertz CT molecular complexity index is 186. The SMILES string of the molecule is CCCCCN(C(=S)NCCOC)C(C)C. The van der Waals surface area contributed by atoms with E-state index >= 15 is 0 Å². The van der Waals surface area contributed by atoms with Crippen molar-refractivity contribution in [2.45, 2.75) is 46.1 Å². The van der Waals surface area contributed by atoms with Crippen molar-refractivity contribution in [2.24, 2.45) is 0 Å². The molecule has 0 radical (unpaired) electrons. The highest BCUT2D eigenvalue weighted by molar-refractivity contribution is 7.80. The fourth-order valence-corrected chi connectivity index (χ4v) is 1.89. The first kappa shape index (κ1) is 15.7. The Morgan fingerprint density at radius 2 is 2.06 bits per heavy atom. The van der Waals surface area contributed by atoms with Crippen LogP contribution in [0.15, 0.2) is 0 Å². The van der Waals surface area contributed by atoms with Crippen LogP contribution >= 0.6 is 12.2 Å². The smallest absolute Gasteiger partial charge is 0.169 e. The second-order valence-corrected chi connectivity index (χ2v) is 4.61. The number of nitrogens with one attached hydrogen (secondary N) is 1. The van der Waals surface area contributed by atoms with Gasteiger partial charge in [0.05, 0.1) is 6.61 Å². The van der Waals surface area contributed by atoms with Crippen molar-refractivity contribution in [1.82, 2.24) is 10.2 Å². The maximum Gasteiger partial charge on any atom is 0.169 e. The van der Waals surface area contributed by atoms with Gasteiger partial charge in [-0.3, -0.25) is 0 Å². The van der Waals surface area contributed by atoms with Gasteiger partial charge in [-0.1, -0.05) is 19.8 Å². The van der Waals surface area contributed by atoms with Crippen LogP contribution in [0.4, 0.5) is 0 Å². The summed E-state index contributed by atoms with van der Waals surface area (Å²) in [7, 11) is 1.70. The number of hydrogen-bond acceptors (Lipinski definition) is 2. The molecule has 0 aliphatic rings. The summed E-state index contributed by atoms with van der Waals surface area (Å²) in [6, 6.07) is 0.458. The van der Waals surface area contributed by atoms with E-state index in [1.807, 2.05) is 0 Å². The summed E-state index contributed by atoms with van der Waals surface area (Å²) < 4.78 is 4.99. The third-order valence-corrected chi connectivity index (χ3v) is 2.85. The van der Waals surface area contributed by atoms with Gasteiger partial charge >= 0.3 is 0 Å². The molecule has 0 atom stereocenters. The highest BCUT2D eigenvalue weighted by Crippen LogP contribution is 2.03. The van der Waals surface area contributed by atoms with E-state index in [1.54, 1.807) is 7.11 Å². The number of ether oxygens (including phenoxy) is 1. The van der Waals surface area contributed by atoms with Crippen LogP contribution in [0.25, 0.3) is 0 Å². The van der Waals surface area contributed by atoms with E-state index in [-0.39, 0.29) is 0 Å². The minimum absolute atomic E-state index is 0.458. The largest absolute Gasteiger partial charge is 0.383 e. The zero-order chi connectivity index (χ0) is 12.4. The zero-order valence-corrected chi connectivity index (χ0v) is 11.9. The molecule has 0 aliphatic heterocycles. The van der Waals surface area contributed by atoms with E-state index in [0.29, 0.717) is 12.6 Å². The molecule has 0 bridgehead atoms. The number of nitrogens with zero attached hydrogens (tertiary/aromatic N) is 1. The van der Waals surface area contributed by atoms with Crippen molar-refractivity contribution in [2.75, 3.05) is 26.8 Å². The summed E-state index contributed by atoms with van der Waals surface area (Å²) in [5, 5.41) is 4.07. The third-order valence-electron chi connectivity index (χ3n) is 2.47. The summed E-state index contributed by atoms with van der Waals surface area (Å²) in [6.07, 6.45) is 3.72. The Labute approximate surface area is 106 Å². The first-order valence-corrected chi connectivity index (χ1v) is 6.57. The van der Waals surface area contributed by atoms with E-state index in [9.17, 15) is 0 Å². The number of unbranched alkanes of at least 4 members (excludes halogenated alkanes) is 2. The van der Waals surface area contributed by atoms with Crippen LogP contribution in [-0.2, 0) is 4.74 Å². The zero-order valence-electron chi connectivity index (χ0n) is 11.1. The average molecular weight is 246 g/mol. The molecule has 0 saturated carbocycles. The molecule has 0 aliphatic carbocycles. The molecular formula is C12H26N2OS. The molecule has 0 aromatic rings. The molecule has 0 heterocycles. The molecule has 0 saturated heterocycles. The minimum atomic E-state index is 0.458. The monoisotopic (exact) mass is 246 g/mol. The van der Waals surface area contributed by atoms with E-state index in [1.165, 1.54) is 19.3 Å². The predicted molar refractivity (Wildman–Crippen MR) is 73.8 cm³/mol. The Balaban J connectivity index is 3.93. The molecule has 0 unspecified atom stereocenters. The van der Waals surface area contributed by atoms with Crippen LogP contribution in [-0.4, -0.2) is 42.9 Å². The van der Waals surface area contributed by atoms with Crippen molar-refractivity contribution in [1.29, 1.82) is 0 Å². The maximum atomic E-state index is 5.37. The second-order valence-electron chi connectivity index (χ2n) is 4.22. The fourth-order valence-electron chi connectivity index (χ4n) is 1.49. The molecular weight excluding hydrogens is 220 g/mol. The molecule has 3 nitrogen and oxygen atoms in total. The van der Waals surface area contributed by atoms with Crippen molar-refractivity contribution in [3.05, 3.63) is 0 Å². The summed E-state index contributed by atoms with van der Waals surface area (Å²) in [6.45, 7) is 9.10. The molecule has 0 rings (SSSR count). The lowest BCUT2D eigenvalue weighted by Crippen LogP contribution is -2.45. The van der Waals surface area contributed by atoms with Crippen LogP contribution in [0.2, 0.25) is 0 Å². The minimum Gasteiger partial charge on any atom is -0.383 e. The van der Waals surface area contributed by atoms with Gasteiger partial charge in [-0.15, -0.1) is 0 Å². The van der Waals surface area contributed by atoms with Gasteiger partial charge in [0.2, 0.25) is 0 Å². The van der Waals surface area contributed by atoms with Gasteiger partial charge in [0, 0.05) is 26.2 Å². The molecule has 4 heteroatoms. The van der Waals surface area contributed by atoms with Crippen molar-refractivity contribution >= 4 is 17.3 Å². The van der Waals surface area contributed by atoms with Crippen molar-refractivity contribution in [3.63, 3.8) is 0 Å². The van der Waals surface area contributed by atoms with E-state index < -0.39 is 0 Å². The molecule has 0 aromatic heterocycles. The van der Waals surface area contributed by atoms with Crippen molar-refractivity contribution in [3.8, 4) is 0 Å². The fraction of sp³-hybridized carbons (Fsp3) is 0.917. The summed E-state index contributed by atoms with van der Waals surface area (Å²) in [5.41, 5.74) is 0. The molecule has 0 fully saturated rings. The van der Waals surface area contributed by atoms with Gasteiger partial charge in [-0.05, 0) is 32.5 Å². The van der Waals surface area contributed by atoms with Crippen LogP contribution in [0.1, 0.15) is 40.0 Å². The van der Waals surface area contributed by atoms with Gasteiger partial charge in [-0.2, -0.15) is 0 Å². The van der Waals surface area contributed by atoms with Gasteiger partial charge in [0.1, 0.15) is 0 Å². The van der Waals surface area contributed by atoms with Crippen LogP contribution < -0.4 is 5.32 Å². The number of hydrogen-bond donors (Lipinski definition) is 1. The van der Waals surface area contributed by atoms with Gasteiger partial charge in [-0.25, -0.2) is 0 Å². The maximum absolute atomic E-state index is 5.37. The highest BCUT2D eigenvalue weighted by Gasteiger charge is 2.11. The van der Waals surface area contributed by atoms with Gasteiger partial charge in [0.25, 0.3) is 0 Å². The van der Waals surface area contributed by atoms with Crippen LogP contribution in [0.5, 0.6) is 0 Å². The van der Waals surface area contributed by atoms with E-state index in [0.717, 1.165) is 18.2 Å². The Hall–Kier alpha value is -0.350. The quantitative estimate of drug-likeness (QED) is 0.525. The summed E-state index contributed by atoms with van der Waals surface area (Å²) in [4.78, 5) is 2.25. The first-order valence-electron chi connectivity index (χ1n) is 6.16. The molecule has 0 amide bonds. The van der Waals surface area contributed by atoms with E-state index in [2.05, 4.69) is 31.0 Å². The lowest BCUT2D eigenvalue weighted by Gasteiger charge is -2.29. The summed E-state index contributed by atoms with van der Waals surface area (Å²) >= 11 is 5.37. The molecule has 1 N–H and O–H groups in total. The number of rotatable bonds is 8. The second kappa shape index (κ2) is 9.85. The molecule has 0 aromatic carbocycles. The highest BCUT2D eigenvalue weighted by atomic mass is 32.1. The molecule has 16 heavy (non-hydrogen) atoms. The Morgan fingerprint density at radius 1 is 1.38 bits per heavy atom. The van der Waals surface area contributed by atoms with Crippen LogP contribution in [0.3, 0.4) is 0 Å². The first-order chi connectivity index (χ1) is 7.63.